The largest absolute Gasteiger partial charge is 0.455 e. The molecule has 0 spiro atoms. The molecular formula is C23H18N2O3. The molecule has 1 heterocycles. The highest BCUT2D eigenvalue weighted by atomic mass is 16.5. The maximum atomic E-state index is 12.6. The summed E-state index contributed by atoms with van der Waals surface area (Å²) in [5.74, 6) is 0.907. The molecule has 0 unspecified atom stereocenters. The van der Waals surface area contributed by atoms with E-state index < -0.39 is 0 Å². The topological polar surface area (TPSA) is 60.3 Å². The fraction of sp³-hybridized carbons (Fsp3) is 0.0435. The summed E-state index contributed by atoms with van der Waals surface area (Å²) < 4.78 is 7.26. The number of hydrogen-bond acceptors (Lipinski definition) is 3. The highest BCUT2D eigenvalue weighted by molar-refractivity contribution is 5.92. The Labute approximate surface area is 161 Å². The van der Waals surface area contributed by atoms with Gasteiger partial charge in [0.15, 0.2) is 5.75 Å². The van der Waals surface area contributed by atoms with Gasteiger partial charge in [0.05, 0.1) is 5.69 Å². The average molecular weight is 370 g/mol. The van der Waals surface area contributed by atoms with Crippen LogP contribution in [0.3, 0.4) is 0 Å². The molecule has 0 aliphatic rings. The Hall–Kier alpha value is -3.86. The number of para-hydroxylation sites is 3. The predicted molar refractivity (Wildman–Crippen MR) is 110 cm³/mol. The van der Waals surface area contributed by atoms with Gasteiger partial charge < -0.3 is 14.6 Å². The van der Waals surface area contributed by atoms with Crippen molar-refractivity contribution in [2.45, 2.75) is 6.54 Å². The summed E-state index contributed by atoms with van der Waals surface area (Å²) >= 11 is 0. The predicted octanol–water partition coefficient (Wildman–Crippen LogP) is 4.43. The van der Waals surface area contributed by atoms with Crippen molar-refractivity contribution in [3.05, 3.63) is 101 Å². The quantitative estimate of drug-likeness (QED) is 0.565. The van der Waals surface area contributed by atoms with Gasteiger partial charge in [-0.3, -0.25) is 9.59 Å². The molecule has 3 aromatic carbocycles. The van der Waals surface area contributed by atoms with E-state index in [1.807, 2.05) is 66.7 Å². The van der Waals surface area contributed by atoms with Gasteiger partial charge in [-0.2, -0.15) is 0 Å². The van der Waals surface area contributed by atoms with Gasteiger partial charge in [-0.15, -0.1) is 0 Å². The number of nitrogens with one attached hydrogen (secondary N) is 1. The smallest absolute Gasteiger partial charge is 0.258 e. The average Bonchev–Trinajstić information content (AvgIpc) is 2.72. The van der Waals surface area contributed by atoms with Crippen LogP contribution < -0.4 is 15.6 Å². The first-order chi connectivity index (χ1) is 13.7. The molecule has 1 N–H and O–H groups in total. The molecule has 0 aliphatic carbocycles. The molecule has 1 amide bonds. The van der Waals surface area contributed by atoms with Crippen molar-refractivity contribution in [2.24, 2.45) is 0 Å². The van der Waals surface area contributed by atoms with E-state index in [4.69, 9.17) is 4.74 Å². The summed E-state index contributed by atoms with van der Waals surface area (Å²) in [6.45, 7) is -0.0800. The van der Waals surface area contributed by atoms with E-state index in [1.54, 1.807) is 24.4 Å². The van der Waals surface area contributed by atoms with Crippen molar-refractivity contribution in [3.8, 4) is 11.5 Å². The van der Waals surface area contributed by atoms with Crippen LogP contribution in [0.5, 0.6) is 11.5 Å². The summed E-state index contributed by atoms with van der Waals surface area (Å²) in [6.07, 6.45) is 1.64. The second kappa shape index (κ2) is 7.80. The Balaban J connectivity index is 1.53. The Morgan fingerprint density at radius 2 is 1.57 bits per heavy atom. The highest BCUT2D eigenvalue weighted by Crippen LogP contribution is 2.29. The molecule has 0 saturated heterocycles. The van der Waals surface area contributed by atoms with Gasteiger partial charge in [0.1, 0.15) is 12.3 Å². The van der Waals surface area contributed by atoms with Crippen LogP contribution in [0.15, 0.2) is 95.9 Å². The van der Waals surface area contributed by atoms with Crippen LogP contribution in [0.1, 0.15) is 0 Å². The van der Waals surface area contributed by atoms with E-state index in [2.05, 4.69) is 5.32 Å². The van der Waals surface area contributed by atoms with Gasteiger partial charge in [0, 0.05) is 11.6 Å². The van der Waals surface area contributed by atoms with Crippen LogP contribution in [0.4, 0.5) is 5.69 Å². The number of nitrogens with zero attached hydrogens (tertiary/aromatic N) is 1. The molecule has 0 aliphatic heterocycles. The number of rotatable bonds is 5. The third-order valence-corrected chi connectivity index (χ3v) is 4.33. The molecular weight excluding hydrogens is 352 g/mol. The van der Waals surface area contributed by atoms with E-state index in [0.717, 1.165) is 5.39 Å². The summed E-state index contributed by atoms with van der Waals surface area (Å²) in [7, 11) is 0. The summed E-state index contributed by atoms with van der Waals surface area (Å²) in [6, 6.07) is 25.7. The van der Waals surface area contributed by atoms with Gasteiger partial charge in [0.25, 0.3) is 5.56 Å². The molecule has 0 saturated carbocycles. The fourth-order valence-corrected chi connectivity index (χ4v) is 2.97. The number of aromatic nitrogens is 1. The zero-order chi connectivity index (χ0) is 19.3. The number of benzene rings is 3. The van der Waals surface area contributed by atoms with E-state index >= 15 is 0 Å². The minimum atomic E-state index is -0.304. The Bertz CT molecular complexity index is 1180. The maximum Gasteiger partial charge on any atom is 0.258 e. The summed E-state index contributed by atoms with van der Waals surface area (Å²) in [5.41, 5.74) is 0.354. The number of anilines is 1. The summed E-state index contributed by atoms with van der Waals surface area (Å²) in [5, 5.41) is 4.27. The number of pyridine rings is 1. The third kappa shape index (κ3) is 3.78. The number of carbonyl (C=O) groups is 1. The lowest BCUT2D eigenvalue weighted by Crippen LogP contribution is -2.27. The van der Waals surface area contributed by atoms with Gasteiger partial charge in [0.2, 0.25) is 5.91 Å². The maximum absolute atomic E-state index is 12.6. The second-order valence-corrected chi connectivity index (χ2v) is 6.30. The number of fused-ring (bicyclic) bond motifs is 1. The second-order valence-electron chi connectivity index (χ2n) is 6.30. The molecule has 0 radical (unpaired) electrons. The van der Waals surface area contributed by atoms with Crippen LogP contribution in [0.2, 0.25) is 0 Å². The number of hydrogen-bond donors (Lipinski definition) is 1. The first-order valence-electron chi connectivity index (χ1n) is 8.91. The normalized spacial score (nSPS) is 10.6. The number of amides is 1. The van der Waals surface area contributed by atoms with Crippen molar-refractivity contribution < 1.29 is 9.53 Å². The molecule has 0 fully saturated rings. The zero-order valence-corrected chi connectivity index (χ0v) is 15.0. The first kappa shape index (κ1) is 17.5. The Morgan fingerprint density at radius 1 is 0.857 bits per heavy atom. The van der Waals surface area contributed by atoms with E-state index in [1.165, 1.54) is 4.57 Å². The molecule has 4 rings (SSSR count). The Kier molecular flexibility index (Phi) is 4.89. The van der Waals surface area contributed by atoms with Gasteiger partial charge in [-0.05, 0) is 41.8 Å². The van der Waals surface area contributed by atoms with Gasteiger partial charge >= 0.3 is 0 Å². The lowest BCUT2D eigenvalue weighted by atomic mass is 10.2. The van der Waals surface area contributed by atoms with Gasteiger partial charge in [-0.1, -0.05) is 48.5 Å². The van der Waals surface area contributed by atoms with Crippen LogP contribution in [0.25, 0.3) is 10.8 Å². The van der Waals surface area contributed by atoms with Crippen LogP contribution in [0, 0.1) is 0 Å². The molecule has 1 aromatic heterocycles. The Morgan fingerprint density at radius 3 is 2.43 bits per heavy atom. The SMILES string of the molecule is O=C(Cn1ccc2ccccc2c1=O)Nc1ccccc1Oc1ccccc1. The van der Waals surface area contributed by atoms with Crippen molar-refractivity contribution in [1.82, 2.24) is 4.57 Å². The summed E-state index contributed by atoms with van der Waals surface area (Å²) in [4.78, 5) is 25.1. The molecule has 5 heteroatoms. The number of carbonyl (C=O) groups excluding carboxylic acids is 1. The van der Waals surface area contributed by atoms with Crippen LogP contribution >= 0.6 is 0 Å². The standard InChI is InChI=1S/C23H18N2O3/c26-22(16-25-15-14-17-8-4-5-11-19(17)23(25)27)24-20-12-6-7-13-21(20)28-18-9-2-1-3-10-18/h1-15H,16H2,(H,24,26). The van der Waals surface area contributed by atoms with E-state index in [9.17, 15) is 9.59 Å². The van der Waals surface area contributed by atoms with Gasteiger partial charge in [-0.25, -0.2) is 0 Å². The van der Waals surface area contributed by atoms with E-state index in [-0.39, 0.29) is 18.0 Å². The lowest BCUT2D eigenvalue weighted by molar-refractivity contribution is -0.116. The van der Waals surface area contributed by atoms with Crippen molar-refractivity contribution in [1.29, 1.82) is 0 Å². The number of ether oxygens (including phenoxy) is 1. The minimum absolute atomic E-state index is 0.0800. The molecule has 0 atom stereocenters. The molecule has 28 heavy (non-hydrogen) atoms. The molecule has 5 nitrogen and oxygen atoms in total. The highest BCUT2D eigenvalue weighted by Gasteiger charge is 2.11. The lowest BCUT2D eigenvalue weighted by Gasteiger charge is -2.13. The first-order valence-corrected chi connectivity index (χ1v) is 8.91. The fourth-order valence-electron chi connectivity index (χ4n) is 2.97. The molecule has 4 aromatic rings. The van der Waals surface area contributed by atoms with Crippen molar-refractivity contribution in [3.63, 3.8) is 0 Å². The van der Waals surface area contributed by atoms with Crippen LogP contribution in [-0.4, -0.2) is 10.5 Å². The monoisotopic (exact) mass is 370 g/mol. The van der Waals surface area contributed by atoms with E-state index in [0.29, 0.717) is 22.6 Å². The third-order valence-electron chi connectivity index (χ3n) is 4.33. The minimum Gasteiger partial charge on any atom is -0.455 e. The van der Waals surface area contributed by atoms with Crippen molar-refractivity contribution >= 4 is 22.4 Å². The molecule has 138 valence electrons. The zero-order valence-electron chi connectivity index (χ0n) is 15.0. The van der Waals surface area contributed by atoms with Crippen LogP contribution in [-0.2, 0) is 11.3 Å². The van der Waals surface area contributed by atoms with Crippen molar-refractivity contribution in [2.75, 3.05) is 5.32 Å². The molecule has 0 bridgehead atoms.